The Labute approximate surface area is 91.6 Å². The van der Waals surface area contributed by atoms with Gasteiger partial charge >= 0.3 is 5.97 Å². The fourth-order valence-corrected chi connectivity index (χ4v) is 1.74. The predicted molar refractivity (Wildman–Crippen MR) is 54.0 cm³/mol. The SMILES string of the molecule is CCS(=O)(=O)C(=O)c1cc(C(=O)O)n(C)n1. The van der Waals surface area contributed by atoms with Gasteiger partial charge in [-0.1, -0.05) is 6.92 Å². The number of carboxylic acids is 1. The first kappa shape index (κ1) is 12.4. The predicted octanol–water partition coefficient (Wildman–Crippen LogP) is -0.307. The van der Waals surface area contributed by atoms with E-state index in [1.165, 1.54) is 14.0 Å². The Kier molecular flexibility index (Phi) is 3.13. The average molecular weight is 246 g/mol. The summed E-state index contributed by atoms with van der Waals surface area (Å²) < 4.78 is 23.4. The lowest BCUT2D eigenvalue weighted by Gasteiger charge is -1.94. The van der Waals surface area contributed by atoms with Gasteiger partial charge in [-0.2, -0.15) is 5.10 Å². The van der Waals surface area contributed by atoms with E-state index in [1.54, 1.807) is 0 Å². The molecule has 1 rings (SSSR count). The normalized spacial score (nSPS) is 11.4. The Hall–Kier alpha value is -1.70. The summed E-state index contributed by atoms with van der Waals surface area (Å²) in [6.07, 6.45) is 0. The van der Waals surface area contributed by atoms with Gasteiger partial charge < -0.3 is 5.11 Å². The number of hydrogen-bond donors (Lipinski definition) is 1. The number of rotatable bonds is 3. The summed E-state index contributed by atoms with van der Waals surface area (Å²) in [7, 11) is -2.57. The van der Waals surface area contributed by atoms with Crippen LogP contribution in [0.3, 0.4) is 0 Å². The van der Waals surface area contributed by atoms with Crippen LogP contribution in [0.25, 0.3) is 0 Å². The topological polar surface area (TPSA) is 106 Å². The van der Waals surface area contributed by atoms with Crippen LogP contribution in [0.4, 0.5) is 0 Å². The number of carbonyl (C=O) groups is 2. The number of sulfone groups is 1. The van der Waals surface area contributed by atoms with Gasteiger partial charge in [-0.05, 0) is 0 Å². The molecule has 0 bridgehead atoms. The average Bonchev–Trinajstić information content (AvgIpc) is 2.59. The van der Waals surface area contributed by atoms with Gasteiger partial charge in [0.05, 0.1) is 5.75 Å². The van der Waals surface area contributed by atoms with E-state index in [2.05, 4.69) is 5.10 Å². The number of aryl methyl sites for hydroxylation is 1. The lowest BCUT2D eigenvalue weighted by atomic mass is 10.4. The van der Waals surface area contributed by atoms with E-state index < -0.39 is 20.9 Å². The Morgan fingerprint density at radius 3 is 2.44 bits per heavy atom. The molecular weight excluding hydrogens is 236 g/mol. The van der Waals surface area contributed by atoms with Crippen molar-refractivity contribution in [2.24, 2.45) is 7.05 Å². The molecule has 1 N–H and O–H groups in total. The van der Waals surface area contributed by atoms with Crippen LogP contribution >= 0.6 is 0 Å². The van der Waals surface area contributed by atoms with Crippen molar-refractivity contribution < 1.29 is 23.1 Å². The zero-order chi connectivity index (χ0) is 12.5. The molecule has 1 aromatic heterocycles. The summed E-state index contributed by atoms with van der Waals surface area (Å²) in [4.78, 5) is 22.1. The monoisotopic (exact) mass is 246 g/mol. The third kappa shape index (κ3) is 2.11. The van der Waals surface area contributed by atoms with Crippen LogP contribution in [0.5, 0.6) is 0 Å². The second-order valence-corrected chi connectivity index (χ2v) is 5.21. The Morgan fingerprint density at radius 2 is 2.06 bits per heavy atom. The highest BCUT2D eigenvalue weighted by atomic mass is 32.2. The number of hydrogen-bond acceptors (Lipinski definition) is 5. The van der Waals surface area contributed by atoms with E-state index in [4.69, 9.17) is 5.11 Å². The van der Waals surface area contributed by atoms with Crippen molar-refractivity contribution >= 4 is 20.9 Å². The van der Waals surface area contributed by atoms with Crippen LogP contribution in [-0.4, -0.2) is 40.1 Å². The molecule has 0 fully saturated rings. The van der Waals surface area contributed by atoms with Crippen molar-refractivity contribution in [2.45, 2.75) is 6.92 Å². The molecule has 0 unspecified atom stereocenters. The van der Waals surface area contributed by atoms with Gasteiger partial charge in [-0.25, -0.2) is 13.2 Å². The van der Waals surface area contributed by atoms with E-state index in [0.717, 1.165) is 10.7 Å². The summed E-state index contributed by atoms with van der Waals surface area (Å²) in [5.41, 5.74) is -0.614. The number of aromatic carboxylic acids is 1. The summed E-state index contributed by atoms with van der Waals surface area (Å²) >= 11 is 0. The molecular formula is C8H10N2O5S. The number of nitrogens with zero attached hydrogens (tertiary/aromatic N) is 2. The Bertz CT molecular complexity index is 543. The van der Waals surface area contributed by atoms with E-state index in [1.807, 2.05) is 0 Å². The Balaban J connectivity index is 3.22. The van der Waals surface area contributed by atoms with Crippen LogP contribution in [0.1, 0.15) is 27.9 Å². The van der Waals surface area contributed by atoms with E-state index in [-0.39, 0.29) is 17.1 Å². The molecule has 0 radical (unpaired) electrons. The fourth-order valence-electron chi connectivity index (χ4n) is 1.06. The molecule has 16 heavy (non-hydrogen) atoms. The molecule has 0 aromatic carbocycles. The van der Waals surface area contributed by atoms with Gasteiger partial charge in [0, 0.05) is 13.1 Å². The van der Waals surface area contributed by atoms with Crippen LogP contribution in [-0.2, 0) is 16.9 Å². The van der Waals surface area contributed by atoms with Crippen molar-refractivity contribution in [3.05, 3.63) is 17.5 Å². The first-order valence-corrected chi connectivity index (χ1v) is 5.99. The van der Waals surface area contributed by atoms with Crippen LogP contribution in [0, 0.1) is 0 Å². The first-order valence-electron chi connectivity index (χ1n) is 4.34. The van der Waals surface area contributed by atoms with Crippen LogP contribution in [0.2, 0.25) is 0 Å². The van der Waals surface area contributed by atoms with Crippen molar-refractivity contribution in [3.8, 4) is 0 Å². The molecule has 1 heterocycles. The minimum atomic E-state index is -3.89. The third-order valence-electron chi connectivity index (χ3n) is 1.97. The minimum absolute atomic E-state index is 0.241. The number of carboxylic acid groups (broad SMARTS) is 1. The highest BCUT2D eigenvalue weighted by Gasteiger charge is 2.26. The Morgan fingerprint density at radius 1 is 1.50 bits per heavy atom. The van der Waals surface area contributed by atoms with Gasteiger partial charge in [-0.15, -0.1) is 0 Å². The molecule has 7 nitrogen and oxygen atoms in total. The molecule has 0 amide bonds. The maximum absolute atomic E-state index is 11.4. The van der Waals surface area contributed by atoms with Crippen LogP contribution in [0.15, 0.2) is 6.07 Å². The molecule has 1 aromatic rings. The van der Waals surface area contributed by atoms with Gasteiger partial charge in [-0.3, -0.25) is 9.48 Å². The zero-order valence-electron chi connectivity index (χ0n) is 8.67. The maximum atomic E-state index is 11.4. The summed E-state index contributed by atoms with van der Waals surface area (Å²) in [6, 6.07) is 0.942. The summed E-state index contributed by atoms with van der Waals surface area (Å²) in [5, 5.41) is 11.1. The lowest BCUT2D eigenvalue weighted by molar-refractivity contribution is 0.0685. The molecule has 0 saturated carbocycles. The third-order valence-corrected chi connectivity index (χ3v) is 3.50. The van der Waals surface area contributed by atoms with Gasteiger partial charge in [0.25, 0.3) is 5.12 Å². The molecule has 0 aliphatic heterocycles. The number of aromatic nitrogens is 2. The molecule has 0 aliphatic rings. The molecule has 0 spiro atoms. The largest absolute Gasteiger partial charge is 0.477 e. The van der Waals surface area contributed by atoms with Crippen molar-refractivity contribution in [2.75, 3.05) is 5.75 Å². The van der Waals surface area contributed by atoms with Crippen LogP contribution < -0.4 is 0 Å². The quantitative estimate of drug-likeness (QED) is 0.784. The first-order chi connectivity index (χ1) is 7.29. The second kappa shape index (κ2) is 4.05. The van der Waals surface area contributed by atoms with Gasteiger partial charge in [0.2, 0.25) is 9.84 Å². The standard InChI is InChI=1S/C8H10N2O5S/c1-3-16(14,15)8(13)5-4-6(7(11)12)10(2)9-5/h4H,3H2,1-2H3,(H,11,12). The summed E-state index contributed by atoms with van der Waals surface area (Å²) in [5.74, 6) is -1.62. The minimum Gasteiger partial charge on any atom is -0.477 e. The second-order valence-electron chi connectivity index (χ2n) is 3.03. The van der Waals surface area contributed by atoms with Crippen molar-refractivity contribution in [3.63, 3.8) is 0 Å². The number of carbonyl (C=O) groups excluding carboxylic acids is 1. The molecule has 0 aliphatic carbocycles. The molecule has 88 valence electrons. The van der Waals surface area contributed by atoms with E-state index in [9.17, 15) is 18.0 Å². The highest BCUT2D eigenvalue weighted by molar-refractivity contribution is 8.06. The van der Waals surface area contributed by atoms with Gasteiger partial charge in [0.15, 0.2) is 0 Å². The van der Waals surface area contributed by atoms with E-state index in [0.29, 0.717) is 0 Å². The smallest absolute Gasteiger partial charge is 0.354 e. The fraction of sp³-hybridized carbons (Fsp3) is 0.375. The molecule has 0 saturated heterocycles. The van der Waals surface area contributed by atoms with Crippen molar-refractivity contribution in [1.82, 2.24) is 9.78 Å². The zero-order valence-corrected chi connectivity index (χ0v) is 9.48. The van der Waals surface area contributed by atoms with E-state index >= 15 is 0 Å². The van der Waals surface area contributed by atoms with Crippen molar-refractivity contribution in [1.29, 1.82) is 0 Å². The maximum Gasteiger partial charge on any atom is 0.354 e. The molecule has 8 heteroatoms. The van der Waals surface area contributed by atoms with Gasteiger partial charge in [0.1, 0.15) is 11.4 Å². The summed E-state index contributed by atoms with van der Waals surface area (Å²) in [6.45, 7) is 1.33. The lowest BCUT2D eigenvalue weighted by Crippen LogP contribution is -2.17. The molecule has 0 atom stereocenters. The highest BCUT2D eigenvalue weighted by Crippen LogP contribution is 2.08.